The number of halogens is 3. The lowest BCUT2D eigenvalue weighted by molar-refractivity contribution is -0.137. The Morgan fingerprint density at radius 1 is 1.03 bits per heavy atom. The van der Waals surface area contributed by atoms with Gasteiger partial charge >= 0.3 is 11.9 Å². The van der Waals surface area contributed by atoms with E-state index in [1.54, 1.807) is 18.3 Å². The molecule has 0 spiro atoms. The van der Waals surface area contributed by atoms with Gasteiger partial charge in [0.05, 0.1) is 16.8 Å². The predicted octanol–water partition coefficient (Wildman–Crippen LogP) is 5.26. The third-order valence-electron chi connectivity index (χ3n) is 4.89. The number of rotatable bonds is 3. The van der Waals surface area contributed by atoms with Gasteiger partial charge in [-0.2, -0.15) is 13.2 Å². The summed E-state index contributed by atoms with van der Waals surface area (Å²) in [4.78, 5) is 17.2. The molecule has 2 aromatic carbocycles. The predicted molar refractivity (Wildman–Crippen MR) is 103 cm³/mol. The van der Waals surface area contributed by atoms with E-state index in [1.165, 1.54) is 16.7 Å². The molecule has 0 aliphatic heterocycles. The highest BCUT2D eigenvalue weighted by atomic mass is 19.4. The molecular weight excluding hydrogens is 381 g/mol. The lowest BCUT2D eigenvalue weighted by atomic mass is 9.98. The van der Waals surface area contributed by atoms with Gasteiger partial charge in [0.15, 0.2) is 5.58 Å². The summed E-state index contributed by atoms with van der Waals surface area (Å²) in [5, 5.41) is 0. The molecule has 0 saturated carbocycles. The molecule has 4 nitrogen and oxygen atoms in total. The van der Waals surface area contributed by atoms with Crippen molar-refractivity contribution in [3.63, 3.8) is 0 Å². The van der Waals surface area contributed by atoms with Crippen molar-refractivity contribution in [1.82, 2.24) is 9.55 Å². The lowest BCUT2D eigenvalue weighted by Gasteiger charge is -2.20. The first kappa shape index (κ1) is 19.0. The van der Waals surface area contributed by atoms with Gasteiger partial charge in [0.25, 0.3) is 0 Å². The molecule has 2 heterocycles. The van der Waals surface area contributed by atoms with Gasteiger partial charge < -0.3 is 4.42 Å². The summed E-state index contributed by atoms with van der Waals surface area (Å²) in [5.41, 5.74) is 3.03. The van der Waals surface area contributed by atoms with E-state index in [0.717, 1.165) is 23.3 Å². The molecule has 4 aromatic rings. The molecule has 0 aliphatic rings. The number of nitrogens with zero attached hydrogens (tertiary/aromatic N) is 2. The lowest BCUT2D eigenvalue weighted by Crippen LogP contribution is -2.24. The molecule has 0 radical (unpaired) electrons. The number of benzene rings is 2. The molecule has 148 valence electrons. The van der Waals surface area contributed by atoms with Crippen molar-refractivity contribution in [2.75, 3.05) is 0 Å². The van der Waals surface area contributed by atoms with Crippen LogP contribution in [0.1, 0.15) is 34.0 Å². The first-order chi connectivity index (χ1) is 13.8. The van der Waals surface area contributed by atoms with Gasteiger partial charge in [0.1, 0.15) is 6.04 Å². The highest BCUT2D eigenvalue weighted by Gasteiger charge is 2.31. The minimum atomic E-state index is -4.44. The fourth-order valence-corrected chi connectivity index (χ4v) is 3.46. The number of aryl methyl sites for hydroxylation is 2. The summed E-state index contributed by atoms with van der Waals surface area (Å²) in [6, 6.07) is 13.0. The van der Waals surface area contributed by atoms with E-state index in [0.29, 0.717) is 22.4 Å². The molecule has 7 heteroatoms. The molecule has 2 aromatic heterocycles. The monoisotopic (exact) mass is 398 g/mol. The average Bonchev–Trinajstić information content (AvgIpc) is 2.99. The van der Waals surface area contributed by atoms with Crippen molar-refractivity contribution in [2.24, 2.45) is 0 Å². The highest BCUT2D eigenvalue weighted by molar-refractivity contribution is 5.74. The second-order valence-electron chi connectivity index (χ2n) is 6.94. The van der Waals surface area contributed by atoms with Crippen LogP contribution in [0.4, 0.5) is 13.2 Å². The van der Waals surface area contributed by atoms with Crippen LogP contribution in [0.15, 0.2) is 70.0 Å². The summed E-state index contributed by atoms with van der Waals surface area (Å²) in [7, 11) is 0. The minimum Gasteiger partial charge on any atom is -0.408 e. The number of fused-ring (bicyclic) bond motifs is 1. The number of hydrogen-bond donors (Lipinski definition) is 0. The van der Waals surface area contributed by atoms with Crippen LogP contribution in [0.5, 0.6) is 0 Å². The van der Waals surface area contributed by atoms with E-state index in [1.807, 2.05) is 32.0 Å². The van der Waals surface area contributed by atoms with Gasteiger partial charge in [0, 0.05) is 6.20 Å². The first-order valence-electron chi connectivity index (χ1n) is 8.96. The van der Waals surface area contributed by atoms with Crippen molar-refractivity contribution in [2.45, 2.75) is 26.1 Å². The van der Waals surface area contributed by atoms with Crippen LogP contribution in [-0.2, 0) is 6.18 Å². The van der Waals surface area contributed by atoms with Gasteiger partial charge in [0.2, 0.25) is 0 Å². The summed E-state index contributed by atoms with van der Waals surface area (Å²) < 4.78 is 45.9. The number of oxazole rings is 1. The molecule has 0 bridgehead atoms. The Labute approximate surface area is 164 Å². The largest absolute Gasteiger partial charge is 0.420 e. The van der Waals surface area contributed by atoms with Gasteiger partial charge in [-0.25, -0.2) is 4.79 Å². The van der Waals surface area contributed by atoms with E-state index in [-0.39, 0.29) is 0 Å². The maximum Gasteiger partial charge on any atom is 0.420 e. The molecule has 4 rings (SSSR count). The van der Waals surface area contributed by atoms with Crippen LogP contribution in [0.25, 0.3) is 11.1 Å². The van der Waals surface area contributed by atoms with Crippen molar-refractivity contribution >= 4 is 11.1 Å². The van der Waals surface area contributed by atoms with E-state index in [9.17, 15) is 18.0 Å². The van der Waals surface area contributed by atoms with E-state index >= 15 is 0 Å². The van der Waals surface area contributed by atoms with Gasteiger partial charge in [-0.05, 0) is 60.9 Å². The molecule has 0 saturated heterocycles. The normalized spacial score (nSPS) is 13.0. The van der Waals surface area contributed by atoms with Crippen LogP contribution in [0.2, 0.25) is 0 Å². The van der Waals surface area contributed by atoms with Crippen molar-refractivity contribution in [3.8, 4) is 0 Å². The third kappa shape index (κ3) is 3.44. The summed E-state index contributed by atoms with van der Waals surface area (Å²) >= 11 is 0. The molecule has 1 atom stereocenters. The first-order valence-corrected chi connectivity index (χ1v) is 8.96. The topological polar surface area (TPSA) is 48.0 Å². The van der Waals surface area contributed by atoms with Crippen molar-refractivity contribution < 1.29 is 17.6 Å². The third-order valence-corrected chi connectivity index (χ3v) is 4.89. The number of alkyl halides is 3. The van der Waals surface area contributed by atoms with Crippen LogP contribution in [0, 0.1) is 13.8 Å². The van der Waals surface area contributed by atoms with Crippen LogP contribution in [0.3, 0.4) is 0 Å². The summed E-state index contributed by atoms with van der Waals surface area (Å²) in [5.74, 6) is -0.597. The van der Waals surface area contributed by atoms with Gasteiger partial charge in [-0.15, -0.1) is 0 Å². The smallest absolute Gasteiger partial charge is 0.408 e. The molecule has 0 fully saturated rings. The molecule has 0 aliphatic carbocycles. The summed E-state index contributed by atoms with van der Waals surface area (Å²) in [6.45, 7) is 3.73. The minimum absolute atomic E-state index is 0.408. The summed E-state index contributed by atoms with van der Waals surface area (Å²) in [6.07, 6.45) is -2.84. The quantitative estimate of drug-likeness (QED) is 0.473. The Morgan fingerprint density at radius 3 is 2.41 bits per heavy atom. The average molecular weight is 398 g/mol. The molecule has 0 unspecified atom stereocenters. The zero-order valence-corrected chi connectivity index (χ0v) is 15.7. The fourth-order valence-electron chi connectivity index (χ4n) is 3.46. The standard InChI is InChI=1S/C22H17F3N2O2/c1-13-5-10-18-17(12-13)27(21(28)29-18)20(19-14(2)4-3-11-26-19)15-6-8-16(9-7-15)22(23,24)25/h3-12,20H,1-2H3/t20-/m0/s1. The number of pyridine rings is 1. The second-order valence-corrected chi connectivity index (χ2v) is 6.94. The molecule has 0 N–H and O–H groups in total. The van der Waals surface area contributed by atoms with Gasteiger partial charge in [-0.3, -0.25) is 9.55 Å². The van der Waals surface area contributed by atoms with E-state index in [2.05, 4.69) is 4.98 Å². The van der Waals surface area contributed by atoms with Crippen LogP contribution in [-0.4, -0.2) is 9.55 Å². The zero-order chi connectivity index (χ0) is 20.8. The van der Waals surface area contributed by atoms with Crippen LogP contribution >= 0.6 is 0 Å². The maximum atomic E-state index is 13.0. The molecular formula is C22H17F3N2O2. The Kier molecular flexibility index (Phi) is 4.53. The van der Waals surface area contributed by atoms with Crippen molar-refractivity contribution in [1.29, 1.82) is 0 Å². The number of aromatic nitrogens is 2. The van der Waals surface area contributed by atoms with Gasteiger partial charge in [-0.1, -0.05) is 24.3 Å². The highest BCUT2D eigenvalue weighted by Crippen LogP contribution is 2.33. The Morgan fingerprint density at radius 2 is 1.76 bits per heavy atom. The Hall–Kier alpha value is -3.35. The zero-order valence-electron chi connectivity index (χ0n) is 15.7. The van der Waals surface area contributed by atoms with Crippen LogP contribution < -0.4 is 5.76 Å². The SMILES string of the molecule is Cc1ccc2oc(=O)n([C@@H](c3ccc(C(F)(F)F)cc3)c3ncccc3C)c2c1. The number of hydrogen-bond acceptors (Lipinski definition) is 3. The Balaban J connectivity index is 1.99. The molecule has 0 amide bonds. The maximum absolute atomic E-state index is 13.0. The second kappa shape index (κ2) is 6.92. The van der Waals surface area contributed by atoms with Crippen molar-refractivity contribution in [3.05, 3.63) is 99.3 Å². The van der Waals surface area contributed by atoms with E-state index < -0.39 is 23.5 Å². The molecule has 29 heavy (non-hydrogen) atoms. The fraction of sp³-hybridized carbons (Fsp3) is 0.182. The van der Waals surface area contributed by atoms with E-state index in [4.69, 9.17) is 4.42 Å². The Bertz CT molecular complexity index is 1240.